The smallest absolute Gasteiger partial charge is 0.270 e. The summed E-state index contributed by atoms with van der Waals surface area (Å²) in [5.74, 6) is 0. The van der Waals surface area contributed by atoms with Crippen LogP contribution in [0.1, 0.15) is 23.8 Å². The van der Waals surface area contributed by atoms with Gasteiger partial charge in [-0.05, 0) is 25.1 Å². The lowest BCUT2D eigenvalue weighted by molar-refractivity contribution is -0.385. The molecule has 0 radical (unpaired) electrons. The van der Waals surface area contributed by atoms with Gasteiger partial charge in [-0.15, -0.1) is 0 Å². The molecule has 4 rings (SSSR count). The van der Waals surface area contributed by atoms with Crippen LogP contribution in [0.4, 0.5) is 11.4 Å². The van der Waals surface area contributed by atoms with Crippen LogP contribution in [-0.2, 0) is 11.3 Å². The molecule has 0 bridgehead atoms. The fraction of sp³-hybridized carbons (Fsp3) is 0.455. The predicted molar refractivity (Wildman–Crippen MR) is 113 cm³/mol. The summed E-state index contributed by atoms with van der Waals surface area (Å²) in [4.78, 5) is 18.1. The summed E-state index contributed by atoms with van der Waals surface area (Å²) in [6, 6.07) is 15.5. The standard InChI is InChI=1S/C22H28N4O3/c1-23-11-13-24(14-12-23)21-9-8-19(26(27)28)16-20(21)22-25(10-5-15-29-22)17-18-6-3-2-4-7-18/h2-4,6-9,16,22H,5,10-15,17H2,1H3/t22-/m1/s1. The maximum Gasteiger partial charge on any atom is 0.270 e. The van der Waals surface area contributed by atoms with E-state index in [0.717, 1.165) is 56.9 Å². The monoisotopic (exact) mass is 396 g/mol. The molecule has 29 heavy (non-hydrogen) atoms. The fourth-order valence-corrected chi connectivity index (χ4v) is 4.14. The van der Waals surface area contributed by atoms with Gasteiger partial charge in [0.2, 0.25) is 0 Å². The van der Waals surface area contributed by atoms with Crippen LogP contribution in [0, 0.1) is 10.1 Å². The maximum absolute atomic E-state index is 11.5. The van der Waals surface area contributed by atoms with Crippen LogP contribution < -0.4 is 4.90 Å². The van der Waals surface area contributed by atoms with E-state index in [9.17, 15) is 10.1 Å². The van der Waals surface area contributed by atoms with Gasteiger partial charge in [-0.2, -0.15) is 0 Å². The number of rotatable bonds is 5. The van der Waals surface area contributed by atoms with Crippen molar-refractivity contribution in [1.29, 1.82) is 0 Å². The van der Waals surface area contributed by atoms with Gasteiger partial charge in [-0.25, -0.2) is 0 Å². The first-order chi connectivity index (χ1) is 14.1. The lowest BCUT2D eigenvalue weighted by Crippen LogP contribution is -2.45. The number of anilines is 1. The molecule has 2 fully saturated rings. The van der Waals surface area contributed by atoms with Crippen molar-refractivity contribution in [1.82, 2.24) is 9.80 Å². The molecule has 0 N–H and O–H groups in total. The highest BCUT2D eigenvalue weighted by atomic mass is 16.6. The summed E-state index contributed by atoms with van der Waals surface area (Å²) in [5, 5.41) is 11.5. The van der Waals surface area contributed by atoms with Gasteiger partial charge in [0, 0.05) is 62.7 Å². The summed E-state index contributed by atoms with van der Waals surface area (Å²) in [5.41, 5.74) is 3.29. The zero-order valence-corrected chi connectivity index (χ0v) is 16.9. The summed E-state index contributed by atoms with van der Waals surface area (Å²) < 4.78 is 6.20. The van der Waals surface area contributed by atoms with Gasteiger partial charge in [0.1, 0.15) is 6.23 Å². The number of ether oxygens (including phenoxy) is 1. The van der Waals surface area contributed by atoms with Crippen LogP contribution in [-0.4, -0.2) is 61.1 Å². The Balaban J connectivity index is 1.67. The second kappa shape index (κ2) is 8.90. The molecular formula is C22H28N4O3. The lowest BCUT2D eigenvalue weighted by atomic mass is 10.0. The van der Waals surface area contributed by atoms with Gasteiger partial charge < -0.3 is 14.5 Å². The third-order valence-electron chi connectivity index (χ3n) is 5.76. The van der Waals surface area contributed by atoms with Crippen molar-refractivity contribution >= 4 is 11.4 Å². The Morgan fingerprint density at radius 1 is 1.07 bits per heavy atom. The van der Waals surface area contributed by atoms with E-state index in [4.69, 9.17) is 4.74 Å². The molecule has 2 aromatic carbocycles. The SMILES string of the molecule is CN1CCN(c2ccc([N+](=O)[O-])cc2[C@H]2OCCCN2Cc2ccccc2)CC1. The highest BCUT2D eigenvalue weighted by Crippen LogP contribution is 2.37. The van der Waals surface area contributed by atoms with Crippen LogP contribution in [0.25, 0.3) is 0 Å². The molecule has 2 aromatic rings. The van der Waals surface area contributed by atoms with Crippen LogP contribution in [0.15, 0.2) is 48.5 Å². The predicted octanol–water partition coefficient (Wildman–Crippen LogP) is 3.27. The zero-order valence-electron chi connectivity index (χ0n) is 16.9. The molecule has 7 nitrogen and oxygen atoms in total. The molecule has 154 valence electrons. The number of hydrogen-bond acceptors (Lipinski definition) is 6. The van der Waals surface area contributed by atoms with Crippen LogP contribution >= 0.6 is 0 Å². The van der Waals surface area contributed by atoms with Crippen molar-refractivity contribution in [2.45, 2.75) is 19.2 Å². The number of nitro groups is 1. The van der Waals surface area contributed by atoms with E-state index in [-0.39, 0.29) is 16.8 Å². The van der Waals surface area contributed by atoms with Gasteiger partial charge in [-0.1, -0.05) is 30.3 Å². The van der Waals surface area contributed by atoms with E-state index in [1.54, 1.807) is 12.1 Å². The Morgan fingerprint density at radius 2 is 1.83 bits per heavy atom. The summed E-state index contributed by atoms with van der Waals surface area (Å²) in [6.45, 7) is 6.12. The maximum atomic E-state index is 11.5. The first-order valence-corrected chi connectivity index (χ1v) is 10.2. The van der Waals surface area contributed by atoms with Gasteiger partial charge in [-0.3, -0.25) is 15.0 Å². The second-order valence-corrected chi connectivity index (χ2v) is 7.82. The number of non-ortho nitro benzene ring substituents is 1. The van der Waals surface area contributed by atoms with Gasteiger partial charge in [0.05, 0.1) is 11.5 Å². The van der Waals surface area contributed by atoms with E-state index < -0.39 is 0 Å². The topological polar surface area (TPSA) is 62.1 Å². The highest BCUT2D eigenvalue weighted by molar-refractivity contribution is 5.59. The number of piperazine rings is 1. The van der Waals surface area contributed by atoms with Crippen molar-refractivity contribution in [3.63, 3.8) is 0 Å². The molecule has 2 aliphatic rings. The van der Waals surface area contributed by atoms with E-state index in [1.165, 1.54) is 5.56 Å². The molecule has 2 saturated heterocycles. The quantitative estimate of drug-likeness (QED) is 0.571. The number of nitrogens with zero attached hydrogens (tertiary/aromatic N) is 4. The van der Waals surface area contributed by atoms with Crippen molar-refractivity contribution < 1.29 is 9.66 Å². The van der Waals surface area contributed by atoms with E-state index in [1.807, 2.05) is 24.3 Å². The Bertz CT molecular complexity index is 837. The molecule has 0 aromatic heterocycles. The molecule has 0 amide bonds. The molecule has 2 aliphatic heterocycles. The summed E-state index contributed by atoms with van der Waals surface area (Å²) in [7, 11) is 2.12. The highest BCUT2D eigenvalue weighted by Gasteiger charge is 2.30. The Kier molecular flexibility index (Phi) is 6.08. The van der Waals surface area contributed by atoms with E-state index in [0.29, 0.717) is 6.61 Å². The van der Waals surface area contributed by atoms with Crippen LogP contribution in [0.5, 0.6) is 0 Å². The molecule has 0 aliphatic carbocycles. The number of benzene rings is 2. The van der Waals surface area contributed by atoms with Crippen LogP contribution in [0.3, 0.4) is 0 Å². The van der Waals surface area contributed by atoms with Gasteiger partial charge >= 0.3 is 0 Å². The third-order valence-corrected chi connectivity index (χ3v) is 5.76. The average molecular weight is 396 g/mol. The molecule has 0 saturated carbocycles. The van der Waals surface area contributed by atoms with Crippen LogP contribution in [0.2, 0.25) is 0 Å². The Hall–Kier alpha value is -2.48. The number of hydrogen-bond donors (Lipinski definition) is 0. The Labute approximate surface area is 171 Å². The molecule has 1 atom stereocenters. The summed E-state index contributed by atoms with van der Waals surface area (Å²) in [6.07, 6.45) is 0.681. The van der Waals surface area contributed by atoms with Crippen molar-refractivity contribution in [2.75, 3.05) is 51.3 Å². The Morgan fingerprint density at radius 3 is 2.55 bits per heavy atom. The largest absolute Gasteiger partial charge is 0.369 e. The first kappa shape index (κ1) is 19.8. The third kappa shape index (κ3) is 4.58. The molecule has 7 heteroatoms. The fourth-order valence-electron chi connectivity index (χ4n) is 4.14. The van der Waals surface area contributed by atoms with E-state index in [2.05, 4.69) is 33.9 Å². The second-order valence-electron chi connectivity index (χ2n) is 7.82. The van der Waals surface area contributed by atoms with Crippen molar-refractivity contribution in [3.05, 3.63) is 69.8 Å². The molecular weight excluding hydrogens is 368 g/mol. The minimum atomic E-state index is -0.318. The van der Waals surface area contributed by atoms with Crippen molar-refractivity contribution in [3.8, 4) is 0 Å². The van der Waals surface area contributed by atoms with E-state index >= 15 is 0 Å². The minimum Gasteiger partial charge on any atom is -0.369 e. The minimum absolute atomic E-state index is 0.117. The van der Waals surface area contributed by atoms with Gasteiger partial charge in [0.25, 0.3) is 5.69 Å². The zero-order chi connectivity index (χ0) is 20.2. The molecule has 2 heterocycles. The summed E-state index contributed by atoms with van der Waals surface area (Å²) >= 11 is 0. The van der Waals surface area contributed by atoms with Gasteiger partial charge in [0.15, 0.2) is 0 Å². The molecule has 0 spiro atoms. The molecule has 0 unspecified atom stereocenters. The van der Waals surface area contributed by atoms with Crippen molar-refractivity contribution in [2.24, 2.45) is 0 Å². The first-order valence-electron chi connectivity index (χ1n) is 10.2. The number of nitro benzene ring substituents is 1. The normalized spacial score (nSPS) is 21.3. The number of likely N-dealkylation sites (N-methyl/N-ethyl adjacent to an activating group) is 1. The average Bonchev–Trinajstić information content (AvgIpc) is 2.75. The lowest BCUT2D eigenvalue weighted by Gasteiger charge is -2.40.